The number of benzene rings is 6. The van der Waals surface area contributed by atoms with E-state index in [1.165, 1.54) is 11.1 Å². The van der Waals surface area contributed by atoms with E-state index < -0.39 is 5.41 Å². The topological polar surface area (TPSA) is 30.3 Å². The molecule has 46 heavy (non-hydrogen) atoms. The Hall–Kier alpha value is -4.63. The second kappa shape index (κ2) is 11.9. The summed E-state index contributed by atoms with van der Waals surface area (Å²) in [7, 11) is 0. The number of halogens is 2. The van der Waals surface area contributed by atoms with Crippen LogP contribution in [0.5, 0.6) is 0 Å². The predicted molar refractivity (Wildman–Crippen MR) is 198 cm³/mol. The van der Waals surface area contributed by atoms with Gasteiger partial charge in [0, 0.05) is 43.1 Å². The van der Waals surface area contributed by atoms with Gasteiger partial charge in [0.15, 0.2) is 0 Å². The van der Waals surface area contributed by atoms with Crippen LogP contribution < -0.4 is 9.80 Å². The highest BCUT2D eigenvalue weighted by Crippen LogP contribution is 2.52. The highest BCUT2D eigenvalue weighted by molar-refractivity contribution is 9.10. The molecule has 0 bridgehead atoms. The minimum Gasteiger partial charge on any atom is -0.310 e. The van der Waals surface area contributed by atoms with Crippen molar-refractivity contribution in [1.29, 1.82) is 5.26 Å². The van der Waals surface area contributed by atoms with E-state index in [4.69, 9.17) is 0 Å². The Morgan fingerprint density at radius 2 is 0.783 bits per heavy atom. The second-order valence-corrected chi connectivity index (χ2v) is 13.8. The Morgan fingerprint density at radius 1 is 0.478 bits per heavy atom. The van der Waals surface area contributed by atoms with Crippen LogP contribution in [-0.2, 0) is 5.41 Å². The van der Waals surface area contributed by atoms with E-state index in [1.54, 1.807) is 0 Å². The Labute approximate surface area is 287 Å². The lowest BCUT2D eigenvalue weighted by Gasteiger charge is -2.28. The molecule has 0 atom stereocenters. The van der Waals surface area contributed by atoms with Gasteiger partial charge in [0.1, 0.15) is 5.41 Å². The van der Waals surface area contributed by atoms with Crippen molar-refractivity contribution in [3.63, 3.8) is 0 Å². The maximum atomic E-state index is 10.9. The molecule has 6 aromatic carbocycles. The van der Waals surface area contributed by atoms with Crippen molar-refractivity contribution in [1.82, 2.24) is 0 Å². The van der Waals surface area contributed by atoms with E-state index in [1.807, 2.05) is 0 Å². The number of anilines is 6. The summed E-state index contributed by atoms with van der Waals surface area (Å²) >= 11 is 7.18. The van der Waals surface area contributed by atoms with Crippen molar-refractivity contribution in [2.24, 2.45) is 0 Å². The van der Waals surface area contributed by atoms with Crippen LogP contribution in [0.3, 0.4) is 0 Å². The second-order valence-electron chi connectivity index (χ2n) is 12.0. The molecule has 1 aliphatic carbocycles. The summed E-state index contributed by atoms with van der Waals surface area (Å²) in [5.41, 5.74) is 12.0. The van der Waals surface area contributed by atoms with Gasteiger partial charge >= 0.3 is 0 Å². The van der Waals surface area contributed by atoms with Crippen LogP contribution in [0.25, 0.3) is 11.1 Å². The summed E-state index contributed by atoms with van der Waals surface area (Å²) in [5, 5.41) is 10.9. The van der Waals surface area contributed by atoms with Gasteiger partial charge < -0.3 is 9.80 Å². The maximum absolute atomic E-state index is 10.9. The van der Waals surface area contributed by atoms with Crippen LogP contribution in [-0.4, -0.2) is 0 Å². The summed E-state index contributed by atoms with van der Waals surface area (Å²) in [6.45, 7) is 6.25. The van der Waals surface area contributed by atoms with Gasteiger partial charge in [0.25, 0.3) is 0 Å². The van der Waals surface area contributed by atoms with E-state index in [2.05, 4.69) is 202 Å². The lowest BCUT2D eigenvalue weighted by atomic mass is 9.81. The molecule has 3 nitrogen and oxygen atoms in total. The molecule has 0 spiro atoms. The van der Waals surface area contributed by atoms with E-state index in [0.717, 1.165) is 65.3 Å². The van der Waals surface area contributed by atoms with E-state index in [9.17, 15) is 5.26 Å². The number of aryl methyl sites for hydroxylation is 2. The lowest BCUT2D eigenvalue weighted by Crippen LogP contribution is -2.19. The van der Waals surface area contributed by atoms with Crippen LogP contribution in [0.1, 0.15) is 29.2 Å². The molecule has 6 aromatic rings. The summed E-state index contributed by atoms with van der Waals surface area (Å²) in [6, 6.07) is 49.7. The van der Waals surface area contributed by atoms with Crippen LogP contribution >= 0.6 is 31.9 Å². The quantitative estimate of drug-likeness (QED) is 0.171. The van der Waals surface area contributed by atoms with Gasteiger partial charge in [-0.15, -0.1) is 0 Å². The van der Waals surface area contributed by atoms with Gasteiger partial charge in [-0.1, -0.05) is 79.4 Å². The van der Waals surface area contributed by atoms with Crippen molar-refractivity contribution in [2.45, 2.75) is 26.2 Å². The van der Waals surface area contributed by atoms with Crippen LogP contribution in [0, 0.1) is 25.2 Å². The molecular weight excluding hydrogens is 694 g/mol. The SMILES string of the molecule is Cc1ccc(N(c2ccc(Br)cc2)c2ccc3c(c2)C(C)(C#N)c2cc(N(c4ccc(C)cc4)c4ccc(Br)cc4)ccc2-3)cc1. The van der Waals surface area contributed by atoms with E-state index in [0.29, 0.717) is 0 Å². The molecule has 0 N–H and O–H groups in total. The van der Waals surface area contributed by atoms with Gasteiger partial charge in [-0.05, 0) is 140 Å². The molecule has 0 aliphatic heterocycles. The average Bonchev–Trinajstić information content (AvgIpc) is 3.32. The third kappa shape index (κ3) is 5.32. The van der Waals surface area contributed by atoms with Gasteiger partial charge in [-0.2, -0.15) is 5.26 Å². The van der Waals surface area contributed by atoms with Gasteiger partial charge in [-0.3, -0.25) is 0 Å². The fraction of sp³-hybridized carbons (Fsp3) is 0.0976. The fourth-order valence-electron chi connectivity index (χ4n) is 6.37. The lowest BCUT2D eigenvalue weighted by molar-refractivity contribution is 0.764. The number of hydrogen-bond donors (Lipinski definition) is 0. The van der Waals surface area contributed by atoms with Crippen molar-refractivity contribution in [3.05, 3.63) is 165 Å². The van der Waals surface area contributed by atoms with Crippen molar-refractivity contribution in [2.75, 3.05) is 9.80 Å². The number of nitriles is 1. The Bertz CT molecular complexity index is 1860. The molecule has 0 fully saturated rings. The Balaban J connectivity index is 1.36. The van der Waals surface area contributed by atoms with Crippen LogP contribution in [0.2, 0.25) is 0 Å². The molecule has 0 radical (unpaired) electrons. The molecule has 224 valence electrons. The monoisotopic (exact) mass is 723 g/mol. The molecule has 0 saturated heterocycles. The average molecular weight is 726 g/mol. The van der Waals surface area contributed by atoms with Crippen molar-refractivity contribution in [3.8, 4) is 17.2 Å². The zero-order chi connectivity index (χ0) is 32.0. The van der Waals surface area contributed by atoms with Crippen LogP contribution in [0.4, 0.5) is 34.1 Å². The van der Waals surface area contributed by atoms with E-state index >= 15 is 0 Å². The Morgan fingerprint density at radius 3 is 1.11 bits per heavy atom. The fourth-order valence-corrected chi connectivity index (χ4v) is 6.90. The Kier molecular flexibility index (Phi) is 7.80. The molecule has 0 aromatic heterocycles. The molecule has 0 saturated carbocycles. The zero-order valence-corrected chi connectivity index (χ0v) is 29.0. The van der Waals surface area contributed by atoms with E-state index in [-0.39, 0.29) is 0 Å². The molecule has 0 heterocycles. The summed E-state index contributed by atoms with van der Waals surface area (Å²) in [6.07, 6.45) is 0. The minimum absolute atomic E-state index is 0.839. The first-order chi connectivity index (χ1) is 22.2. The third-order valence-corrected chi connectivity index (χ3v) is 9.93. The highest BCUT2D eigenvalue weighted by Gasteiger charge is 2.41. The number of rotatable bonds is 6. The minimum atomic E-state index is -0.839. The molecular formula is C41H31Br2N3. The molecule has 7 rings (SSSR count). The first-order valence-electron chi connectivity index (χ1n) is 15.2. The molecule has 0 unspecified atom stereocenters. The predicted octanol–water partition coefficient (Wildman–Crippen LogP) is 12.6. The largest absolute Gasteiger partial charge is 0.310 e. The normalized spacial score (nSPS) is 12.6. The summed E-state index contributed by atoms with van der Waals surface area (Å²) in [5.74, 6) is 0. The first kappa shape index (κ1) is 30.0. The van der Waals surface area contributed by atoms with Gasteiger partial charge in [-0.25, -0.2) is 0 Å². The smallest absolute Gasteiger partial charge is 0.106 e. The van der Waals surface area contributed by atoms with Gasteiger partial charge in [0.05, 0.1) is 6.07 Å². The molecule has 1 aliphatic rings. The first-order valence-corrected chi connectivity index (χ1v) is 16.8. The number of fused-ring (bicyclic) bond motifs is 3. The summed E-state index contributed by atoms with van der Waals surface area (Å²) in [4.78, 5) is 4.51. The van der Waals surface area contributed by atoms with Crippen molar-refractivity contribution >= 4 is 66.0 Å². The van der Waals surface area contributed by atoms with Crippen molar-refractivity contribution < 1.29 is 0 Å². The zero-order valence-electron chi connectivity index (χ0n) is 25.8. The highest BCUT2D eigenvalue weighted by atomic mass is 79.9. The molecule has 5 heteroatoms. The van der Waals surface area contributed by atoms with Gasteiger partial charge in [0.2, 0.25) is 0 Å². The number of nitrogens with zero attached hydrogens (tertiary/aromatic N) is 3. The third-order valence-electron chi connectivity index (χ3n) is 8.87. The standard InChI is InChI=1S/C41H31Br2N3/c1-27-4-12-31(13-5-27)45(33-16-8-29(42)9-17-33)35-20-22-37-38-23-21-36(25-40(38)41(3,26-44)39(37)24-35)46(32-14-6-28(2)7-15-32)34-18-10-30(43)11-19-34/h4-25H,1-3H3. The summed E-state index contributed by atoms with van der Waals surface area (Å²) < 4.78 is 2.06. The van der Waals surface area contributed by atoms with Crippen LogP contribution in [0.15, 0.2) is 142 Å². The molecule has 0 amide bonds. The maximum Gasteiger partial charge on any atom is 0.106 e. The number of hydrogen-bond acceptors (Lipinski definition) is 3.